The van der Waals surface area contributed by atoms with E-state index >= 15 is 0 Å². The minimum absolute atomic E-state index is 0.125. The number of ether oxygens (including phenoxy) is 1. The Balaban J connectivity index is 1.60. The van der Waals surface area contributed by atoms with E-state index in [0.29, 0.717) is 22.5 Å². The van der Waals surface area contributed by atoms with Gasteiger partial charge in [0.05, 0.1) is 26.5 Å². The van der Waals surface area contributed by atoms with Crippen molar-refractivity contribution >= 4 is 39.1 Å². The summed E-state index contributed by atoms with van der Waals surface area (Å²) in [5, 5.41) is -0.209. The Bertz CT molecular complexity index is 1430. The highest BCUT2D eigenvalue weighted by Gasteiger charge is 2.31. The van der Waals surface area contributed by atoms with E-state index in [0.717, 1.165) is 35.1 Å². The minimum atomic E-state index is -4.55. The number of alkyl halides is 3. The van der Waals surface area contributed by atoms with Crippen molar-refractivity contribution in [3.8, 4) is 11.4 Å². The van der Waals surface area contributed by atoms with Gasteiger partial charge in [0, 0.05) is 19.7 Å². The molecule has 0 aliphatic carbocycles. The van der Waals surface area contributed by atoms with E-state index in [2.05, 4.69) is 0 Å². The van der Waals surface area contributed by atoms with Crippen LogP contribution in [0.2, 0.25) is 5.02 Å². The number of carbonyl (C=O) groups is 1. The first-order chi connectivity index (χ1) is 16.5. The lowest BCUT2D eigenvalue weighted by Gasteiger charge is -2.22. The van der Waals surface area contributed by atoms with Crippen molar-refractivity contribution in [3.05, 3.63) is 92.5 Å². The van der Waals surface area contributed by atoms with E-state index < -0.39 is 22.7 Å². The molecule has 3 aromatic carbocycles. The second-order valence-corrected chi connectivity index (χ2v) is 9.34. The SMILES string of the molecule is CC(Oc1ccc2sc(=O)n(-c3ccc(C(F)(F)F)cc3Cl)c2c1)C(=O)N(C)Cc1ccccc1. The van der Waals surface area contributed by atoms with E-state index in [1.807, 2.05) is 30.3 Å². The number of aromatic nitrogens is 1. The fourth-order valence-corrected chi connectivity index (χ4v) is 4.79. The van der Waals surface area contributed by atoms with Crippen molar-refractivity contribution in [2.75, 3.05) is 7.05 Å². The summed E-state index contributed by atoms with van der Waals surface area (Å²) in [7, 11) is 1.68. The normalized spacial score (nSPS) is 12.5. The molecule has 0 fully saturated rings. The lowest BCUT2D eigenvalue weighted by molar-refractivity contribution is -0.138. The van der Waals surface area contributed by atoms with Crippen LogP contribution in [-0.2, 0) is 17.5 Å². The monoisotopic (exact) mass is 520 g/mol. The van der Waals surface area contributed by atoms with Crippen LogP contribution in [-0.4, -0.2) is 28.5 Å². The van der Waals surface area contributed by atoms with Crippen molar-refractivity contribution in [2.24, 2.45) is 0 Å². The zero-order valence-electron chi connectivity index (χ0n) is 18.7. The summed E-state index contributed by atoms with van der Waals surface area (Å²) in [6.07, 6.45) is -5.36. The summed E-state index contributed by atoms with van der Waals surface area (Å²) >= 11 is 7.06. The van der Waals surface area contributed by atoms with Gasteiger partial charge in [-0.15, -0.1) is 0 Å². The molecule has 10 heteroatoms. The van der Waals surface area contributed by atoms with Crippen LogP contribution in [0.4, 0.5) is 13.2 Å². The number of hydrogen-bond donors (Lipinski definition) is 0. The van der Waals surface area contributed by atoms with Gasteiger partial charge in [-0.3, -0.25) is 14.2 Å². The number of thiazole rings is 1. The lowest BCUT2D eigenvalue weighted by atomic mass is 10.2. The zero-order chi connectivity index (χ0) is 25.3. The molecule has 1 amide bonds. The highest BCUT2D eigenvalue weighted by atomic mass is 35.5. The first-order valence-corrected chi connectivity index (χ1v) is 11.7. The lowest BCUT2D eigenvalue weighted by Crippen LogP contribution is -2.37. The largest absolute Gasteiger partial charge is 0.481 e. The molecule has 0 radical (unpaired) electrons. The van der Waals surface area contributed by atoms with Crippen LogP contribution in [0.25, 0.3) is 15.9 Å². The number of likely N-dealkylation sites (N-methyl/N-ethyl adjacent to an activating group) is 1. The average molecular weight is 521 g/mol. The number of rotatable bonds is 6. The number of nitrogens with zero attached hydrogens (tertiary/aromatic N) is 2. The van der Waals surface area contributed by atoms with Gasteiger partial charge in [0.1, 0.15) is 5.75 Å². The Kier molecular flexibility index (Phi) is 6.91. The zero-order valence-corrected chi connectivity index (χ0v) is 20.2. The van der Waals surface area contributed by atoms with Crippen molar-refractivity contribution in [3.63, 3.8) is 0 Å². The van der Waals surface area contributed by atoms with E-state index in [9.17, 15) is 22.8 Å². The Labute approximate surface area is 207 Å². The van der Waals surface area contributed by atoms with Crippen molar-refractivity contribution in [1.82, 2.24) is 9.47 Å². The molecular formula is C25H20ClF3N2O3S. The summed E-state index contributed by atoms with van der Waals surface area (Å²) in [6.45, 7) is 2.05. The molecule has 1 unspecified atom stereocenters. The maximum absolute atomic E-state index is 13.0. The molecule has 1 aromatic heterocycles. The summed E-state index contributed by atoms with van der Waals surface area (Å²) in [6, 6.07) is 17.2. The molecule has 0 aliphatic heterocycles. The molecule has 0 saturated heterocycles. The van der Waals surface area contributed by atoms with Crippen LogP contribution in [0.1, 0.15) is 18.1 Å². The van der Waals surface area contributed by atoms with Crippen molar-refractivity contribution < 1.29 is 22.7 Å². The van der Waals surface area contributed by atoms with Gasteiger partial charge in [-0.25, -0.2) is 0 Å². The number of amides is 1. The maximum atomic E-state index is 13.0. The average Bonchev–Trinajstić information content (AvgIpc) is 3.13. The van der Waals surface area contributed by atoms with E-state index in [1.165, 1.54) is 4.57 Å². The van der Waals surface area contributed by atoms with Gasteiger partial charge in [-0.1, -0.05) is 53.3 Å². The van der Waals surface area contributed by atoms with Crippen molar-refractivity contribution in [2.45, 2.75) is 25.7 Å². The van der Waals surface area contributed by atoms with Crippen LogP contribution < -0.4 is 9.61 Å². The Hall–Kier alpha value is -3.30. The van der Waals surface area contributed by atoms with Crippen LogP contribution in [0, 0.1) is 0 Å². The number of halogens is 4. The summed E-state index contributed by atoms with van der Waals surface area (Å²) < 4.78 is 46.7. The highest BCUT2D eigenvalue weighted by Crippen LogP contribution is 2.34. The Morgan fingerprint density at radius 2 is 1.83 bits per heavy atom. The second-order valence-electron chi connectivity index (χ2n) is 7.94. The first kappa shape index (κ1) is 24.8. The third-order valence-corrected chi connectivity index (χ3v) is 6.59. The highest BCUT2D eigenvalue weighted by molar-refractivity contribution is 7.16. The molecular weight excluding hydrogens is 501 g/mol. The molecule has 4 aromatic rings. The van der Waals surface area contributed by atoms with Crippen LogP contribution in [0.5, 0.6) is 5.75 Å². The molecule has 0 spiro atoms. The van der Waals surface area contributed by atoms with Gasteiger partial charge in [0.25, 0.3) is 5.91 Å². The van der Waals surface area contributed by atoms with Gasteiger partial charge in [0.15, 0.2) is 6.10 Å². The fourth-order valence-electron chi connectivity index (χ4n) is 3.66. The molecule has 0 saturated carbocycles. The molecule has 1 atom stereocenters. The molecule has 182 valence electrons. The predicted molar refractivity (Wildman–Crippen MR) is 130 cm³/mol. The summed E-state index contributed by atoms with van der Waals surface area (Å²) in [4.78, 5) is 26.6. The number of benzene rings is 3. The van der Waals surface area contributed by atoms with Gasteiger partial charge in [-0.2, -0.15) is 13.2 Å². The van der Waals surface area contributed by atoms with Gasteiger partial charge < -0.3 is 9.64 Å². The van der Waals surface area contributed by atoms with E-state index in [-0.39, 0.29) is 16.6 Å². The number of hydrogen-bond acceptors (Lipinski definition) is 4. The quantitative estimate of drug-likeness (QED) is 0.306. The van der Waals surface area contributed by atoms with Crippen LogP contribution in [0.3, 0.4) is 0 Å². The minimum Gasteiger partial charge on any atom is -0.481 e. The van der Waals surface area contributed by atoms with Gasteiger partial charge in [0.2, 0.25) is 0 Å². The summed E-state index contributed by atoms with van der Waals surface area (Å²) in [5.74, 6) is 0.100. The van der Waals surface area contributed by atoms with Crippen LogP contribution >= 0.6 is 22.9 Å². The topological polar surface area (TPSA) is 51.5 Å². The maximum Gasteiger partial charge on any atom is 0.416 e. The molecule has 1 heterocycles. The molecule has 0 N–H and O–H groups in total. The van der Waals surface area contributed by atoms with E-state index in [4.69, 9.17) is 16.3 Å². The standard InChI is InChI=1S/C25H20ClF3N2O3S/c1-15(23(32)30(2)14-16-6-4-3-5-7-16)34-18-9-11-22-21(13-18)31(24(33)35-22)20-10-8-17(12-19(20)26)25(27,28)29/h3-13,15H,14H2,1-2H3. The fraction of sp³-hybridized carbons (Fsp3) is 0.200. The molecule has 35 heavy (non-hydrogen) atoms. The molecule has 0 bridgehead atoms. The van der Waals surface area contributed by atoms with Crippen molar-refractivity contribution in [1.29, 1.82) is 0 Å². The Morgan fingerprint density at radius 3 is 2.49 bits per heavy atom. The van der Waals surface area contributed by atoms with Gasteiger partial charge in [-0.05, 0) is 42.8 Å². The molecule has 4 rings (SSSR count). The number of carbonyl (C=O) groups excluding carboxylic acids is 1. The molecule has 0 aliphatic rings. The predicted octanol–water partition coefficient (Wildman–Crippen LogP) is 6.15. The third kappa shape index (κ3) is 5.36. The first-order valence-electron chi connectivity index (χ1n) is 10.5. The van der Waals surface area contributed by atoms with Crippen LogP contribution in [0.15, 0.2) is 71.5 Å². The Morgan fingerprint density at radius 1 is 1.11 bits per heavy atom. The third-order valence-electron chi connectivity index (χ3n) is 5.37. The second kappa shape index (κ2) is 9.75. The summed E-state index contributed by atoms with van der Waals surface area (Å²) in [5.41, 5.74) is 0.610. The van der Waals surface area contributed by atoms with E-state index in [1.54, 1.807) is 37.1 Å². The molecule has 5 nitrogen and oxygen atoms in total. The smallest absolute Gasteiger partial charge is 0.416 e. The van der Waals surface area contributed by atoms with Gasteiger partial charge >= 0.3 is 11.0 Å². The number of fused-ring (bicyclic) bond motifs is 1.